The van der Waals surface area contributed by atoms with Crippen LogP contribution in [0.3, 0.4) is 0 Å². The summed E-state index contributed by atoms with van der Waals surface area (Å²) in [7, 11) is 0. The van der Waals surface area contributed by atoms with Crippen LogP contribution < -0.4 is 9.64 Å². The maximum Gasteiger partial charge on any atom is 0.344 e. The Balaban J connectivity index is 0.000000289. The summed E-state index contributed by atoms with van der Waals surface area (Å²) in [5.41, 5.74) is 1.88. The van der Waals surface area contributed by atoms with Gasteiger partial charge in [0.2, 0.25) is 0 Å². The smallest absolute Gasteiger partial charge is 0.344 e. The SMILES string of the molecule is CCCCCOC(=O)COc1cc(N2C(=O)C3=C(CCCC3)C2=O)c(F)cc1Cl.CCCN(CCC)C(=O)SCc1ccccc1. The molecule has 0 atom stereocenters. The van der Waals surface area contributed by atoms with Gasteiger partial charge in [0.05, 0.1) is 17.3 Å². The van der Waals surface area contributed by atoms with E-state index in [2.05, 4.69) is 26.0 Å². The van der Waals surface area contributed by atoms with Gasteiger partial charge in [-0.25, -0.2) is 14.1 Å². The maximum absolute atomic E-state index is 14.5. The van der Waals surface area contributed by atoms with Crippen LogP contribution in [0.2, 0.25) is 5.02 Å². The number of carbonyl (C=O) groups excluding carboxylic acids is 4. The number of amides is 3. The van der Waals surface area contributed by atoms with Gasteiger partial charge in [-0.2, -0.15) is 0 Å². The monoisotopic (exact) mass is 674 g/mol. The fourth-order valence-corrected chi connectivity index (χ4v) is 6.17. The predicted octanol–water partition coefficient (Wildman–Crippen LogP) is 8.50. The first-order chi connectivity index (χ1) is 22.2. The van der Waals surface area contributed by atoms with Crippen LogP contribution in [0, 0.1) is 5.82 Å². The minimum absolute atomic E-state index is 0.000883. The Hall–Kier alpha value is -3.37. The molecule has 11 heteroatoms. The van der Waals surface area contributed by atoms with E-state index in [4.69, 9.17) is 21.1 Å². The van der Waals surface area contributed by atoms with Gasteiger partial charge >= 0.3 is 5.97 Å². The number of carbonyl (C=O) groups is 4. The number of ether oxygens (including phenoxy) is 2. The molecule has 0 saturated carbocycles. The number of benzene rings is 2. The lowest BCUT2D eigenvalue weighted by Gasteiger charge is -2.20. The van der Waals surface area contributed by atoms with Crippen molar-refractivity contribution < 1.29 is 33.0 Å². The Bertz CT molecular complexity index is 1350. The Labute approximate surface area is 280 Å². The van der Waals surface area contributed by atoms with E-state index >= 15 is 0 Å². The molecule has 0 fully saturated rings. The van der Waals surface area contributed by atoms with Crippen LogP contribution in [0.4, 0.5) is 14.9 Å². The van der Waals surface area contributed by atoms with Crippen LogP contribution in [0.15, 0.2) is 53.6 Å². The lowest BCUT2D eigenvalue weighted by atomic mass is 9.93. The number of anilines is 1. The largest absolute Gasteiger partial charge is 0.480 e. The minimum atomic E-state index is -0.814. The molecule has 1 heterocycles. The fraction of sp³-hybridized carbons (Fsp3) is 0.486. The predicted molar refractivity (Wildman–Crippen MR) is 181 cm³/mol. The quantitative estimate of drug-likeness (QED) is 0.113. The summed E-state index contributed by atoms with van der Waals surface area (Å²) in [6.45, 7) is 7.89. The summed E-state index contributed by atoms with van der Waals surface area (Å²) < 4.78 is 25.0. The van der Waals surface area contributed by atoms with Crippen molar-refractivity contribution in [1.82, 2.24) is 4.90 Å². The van der Waals surface area contributed by atoms with Gasteiger partial charge in [0.15, 0.2) is 6.61 Å². The Morgan fingerprint density at radius 1 is 0.935 bits per heavy atom. The first kappa shape index (κ1) is 37.1. The van der Waals surface area contributed by atoms with Crippen LogP contribution in [0.25, 0.3) is 0 Å². The summed E-state index contributed by atoms with van der Waals surface area (Å²) in [5.74, 6) is -1.64. The van der Waals surface area contributed by atoms with Gasteiger partial charge in [0.25, 0.3) is 17.1 Å². The lowest BCUT2D eigenvalue weighted by molar-refractivity contribution is -0.146. The zero-order chi connectivity index (χ0) is 33.5. The first-order valence-electron chi connectivity index (χ1n) is 16.1. The number of hydrogen-bond acceptors (Lipinski definition) is 7. The van der Waals surface area contributed by atoms with Crippen LogP contribution >= 0.6 is 23.4 Å². The number of rotatable bonds is 14. The molecule has 2 aromatic rings. The van der Waals surface area contributed by atoms with Crippen LogP contribution in [0.5, 0.6) is 5.75 Å². The van der Waals surface area contributed by atoms with Crippen molar-refractivity contribution in [2.45, 2.75) is 84.3 Å². The van der Waals surface area contributed by atoms with Crippen LogP contribution in [0.1, 0.15) is 84.1 Å². The van der Waals surface area contributed by atoms with Crippen molar-refractivity contribution in [3.63, 3.8) is 0 Å². The molecule has 0 N–H and O–H groups in total. The number of nitrogens with zero attached hydrogens (tertiary/aromatic N) is 2. The molecule has 0 bridgehead atoms. The maximum atomic E-state index is 14.5. The highest BCUT2D eigenvalue weighted by Gasteiger charge is 2.41. The highest BCUT2D eigenvalue weighted by molar-refractivity contribution is 8.12. The van der Waals surface area contributed by atoms with Gasteiger partial charge < -0.3 is 14.4 Å². The molecule has 2 aromatic carbocycles. The van der Waals surface area contributed by atoms with Gasteiger partial charge in [-0.3, -0.25) is 14.4 Å². The van der Waals surface area contributed by atoms with Crippen molar-refractivity contribution in [3.8, 4) is 5.75 Å². The molecular formula is C35H44ClFN2O6S. The molecular weight excluding hydrogens is 631 g/mol. The molecule has 0 saturated heterocycles. The highest BCUT2D eigenvalue weighted by Crippen LogP contribution is 2.39. The van der Waals surface area contributed by atoms with Gasteiger partial charge in [0, 0.05) is 36.1 Å². The Morgan fingerprint density at radius 3 is 2.15 bits per heavy atom. The molecule has 8 nitrogen and oxygen atoms in total. The molecule has 0 unspecified atom stereocenters. The van der Waals surface area contributed by atoms with Crippen molar-refractivity contribution in [1.29, 1.82) is 0 Å². The Kier molecular flexibility index (Phi) is 15.6. The number of imide groups is 1. The van der Waals surface area contributed by atoms with Crippen molar-refractivity contribution in [2.75, 3.05) is 31.2 Å². The highest BCUT2D eigenvalue weighted by atomic mass is 35.5. The third-order valence-electron chi connectivity index (χ3n) is 7.44. The average Bonchev–Trinajstić information content (AvgIpc) is 3.31. The number of unbranched alkanes of at least 4 members (excludes halogenated alkanes) is 2. The summed E-state index contributed by atoms with van der Waals surface area (Å²) >= 11 is 7.42. The van der Waals surface area contributed by atoms with Crippen molar-refractivity contribution >= 4 is 52.1 Å². The summed E-state index contributed by atoms with van der Waals surface area (Å²) in [4.78, 5) is 51.9. The molecule has 0 aromatic heterocycles. The third kappa shape index (κ3) is 10.6. The molecule has 0 spiro atoms. The minimum Gasteiger partial charge on any atom is -0.480 e. The van der Waals surface area contributed by atoms with Gasteiger partial charge in [-0.15, -0.1) is 0 Å². The number of thioether (sulfide) groups is 1. The topological polar surface area (TPSA) is 93.2 Å². The molecule has 46 heavy (non-hydrogen) atoms. The van der Waals surface area contributed by atoms with E-state index in [1.165, 1.54) is 23.4 Å². The Morgan fingerprint density at radius 2 is 1.57 bits per heavy atom. The lowest BCUT2D eigenvalue weighted by Crippen LogP contribution is -2.32. The second kappa shape index (κ2) is 19.3. The van der Waals surface area contributed by atoms with Crippen molar-refractivity contribution in [3.05, 3.63) is 70.0 Å². The molecule has 4 rings (SSSR count). The van der Waals surface area contributed by atoms with Crippen molar-refractivity contribution in [2.24, 2.45) is 0 Å². The third-order valence-corrected chi connectivity index (χ3v) is 8.72. The molecule has 1 aliphatic heterocycles. The summed E-state index contributed by atoms with van der Waals surface area (Å²) in [6, 6.07) is 12.3. The average molecular weight is 675 g/mol. The van der Waals surface area contributed by atoms with Gasteiger partial charge in [-0.05, 0) is 56.6 Å². The second-order valence-corrected chi connectivity index (χ2v) is 12.4. The molecule has 0 radical (unpaired) electrons. The zero-order valence-electron chi connectivity index (χ0n) is 26.9. The number of halogens is 2. The molecule has 3 amide bonds. The van der Waals surface area contributed by atoms with E-state index in [-0.39, 0.29) is 21.7 Å². The van der Waals surface area contributed by atoms with E-state index in [9.17, 15) is 23.6 Å². The van der Waals surface area contributed by atoms with Crippen LogP contribution in [-0.2, 0) is 24.9 Å². The summed E-state index contributed by atoms with van der Waals surface area (Å²) in [6.07, 6.45) is 7.45. The molecule has 250 valence electrons. The van der Waals surface area contributed by atoms with E-state index in [0.717, 1.165) is 74.8 Å². The van der Waals surface area contributed by atoms with E-state index in [1.807, 2.05) is 30.0 Å². The van der Waals surface area contributed by atoms with E-state index in [1.54, 1.807) is 0 Å². The number of hydrogen-bond donors (Lipinski definition) is 0. The summed E-state index contributed by atoms with van der Waals surface area (Å²) in [5, 5.41) is 0.138. The molecule has 2 aliphatic rings. The zero-order valence-corrected chi connectivity index (χ0v) is 28.5. The first-order valence-corrected chi connectivity index (χ1v) is 17.4. The second-order valence-electron chi connectivity index (χ2n) is 11.1. The molecule has 1 aliphatic carbocycles. The normalized spacial score (nSPS) is 14.1. The van der Waals surface area contributed by atoms with E-state index < -0.39 is 30.2 Å². The fourth-order valence-electron chi connectivity index (χ4n) is 5.12. The standard InChI is InChI=1S/C21H23ClFNO5.C14H21NOS/c1-2-3-6-9-28-19(25)12-29-18-11-17(16(23)10-15(18)22)24-20(26)13-7-4-5-8-14(13)21(24)27;1-3-10-15(11-4-2)14(16)17-12-13-8-6-5-7-9-13/h10-11H,2-9,12H2,1H3;5-9H,3-4,10-12H2,1-2H3. The van der Waals surface area contributed by atoms with Gasteiger partial charge in [0.1, 0.15) is 11.6 Å². The van der Waals surface area contributed by atoms with E-state index in [0.29, 0.717) is 30.6 Å². The van der Waals surface area contributed by atoms with Crippen LogP contribution in [-0.4, -0.2) is 54.2 Å². The number of esters is 1. The van der Waals surface area contributed by atoms with Gasteiger partial charge in [-0.1, -0.05) is 87.3 Å².